The number of benzene rings is 1. The van der Waals surface area contributed by atoms with Gasteiger partial charge in [-0.2, -0.15) is 4.39 Å². The van der Waals surface area contributed by atoms with E-state index in [2.05, 4.69) is 0 Å². The van der Waals surface area contributed by atoms with E-state index in [0.29, 0.717) is 0 Å². The third-order valence-corrected chi connectivity index (χ3v) is 2.47. The van der Waals surface area contributed by atoms with Crippen molar-refractivity contribution < 1.29 is 14.1 Å². The molecule has 0 radical (unpaired) electrons. The quantitative estimate of drug-likeness (QED) is 0.566. The molecule has 1 aromatic rings. The smallest absolute Gasteiger partial charge is 0.305 e. The summed E-state index contributed by atoms with van der Waals surface area (Å²) in [6.07, 6.45) is 1.90. The number of hydrogen-bond acceptors (Lipinski definition) is 3. The van der Waals surface area contributed by atoms with E-state index in [-0.39, 0.29) is 18.3 Å². The first-order valence-electron chi connectivity index (χ1n) is 5.59. The molecule has 17 heavy (non-hydrogen) atoms. The Hall–Kier alpha value is -1.49. The van der Waals surface area contributed by atoms with Crippen LogP contribution in [0, 0.1) is 15.9 Å². The molecule has 1 unspecified atom stereocenters. The minimum absolute atomic E-state index is 0.0265. The molecule has 5 heteroatoms. The van der Waals surface area contributed by atoms with Crippen molar-refractivity contribution >= 4 is 5.69 Å². The molecule has 0 aliphatic carbocycles. The zero-order chi connectivity index (χ0) is 12.8. The molecule has 1 rings (SSSR count). The van der Waals surface area contributed by atoms with E-state index in [9.17, 15) is 14.5 Å². The third-order valence-electron chi connectivity index (χ3n) is 2.47. The van der Waals surface area contributed by atoms with Crippen molar-refractivity contribution in [2.75, 3.05) is 0 Å². The van der Waals surface area contributed by atoms with Crippen LogP contribution in [0.25, 0.3) is 0 Å². The van der Waals surface area contributed by atoms with Gasteiger partial charge < -0.3 is 4.74 Å². The molecule has 0 aliphatic heterocycles. The Morgan fingerprint density at radius 3 is 2.82 bits per heavy atom. The topological polar surface area (TPSA) is 52.4 Å². The first-order valence-corrected chi connectivity index (χ1v) is 5.59. The van der Waals surface area contributed by atoms with Gasteiger partial charge in [-0.05, 0) is 13.3 Å². The van der Waals surface area contributed by atoms with Crippen LogP contribution in [-0.2, 0) is 11.3 Å². The van der Waals surface area contributed by atoms with Crippen molar-refractivity contribution in [3.05, 3.63) is 39.7 Å². The molecule has 0 saturated heterocycles. The minimum Gasteiger partial charge on any atom is -0.374 e. The predicted molar refractivity (Wildman–Crippen MR) is 62.2 cm³/mol. The van der Waals surface area contributed by atoms with Gasteiger partial charge in [0.05, 0.1) is 17.6 Å². The van der Waals surface area contributed by atoms with Crippen LogP contribution in [0.15, 0.2) is 18.2 Å². The summed E-state index contributed by atoms with van der Waals surface area (Å²) in [5, 5.41) is 10.5. The standard InChI is InChI=1S/C12H16FNO3/c1-3-5-9(2)17-8-10-6-4-7-11(12(10)13)14(15)16/h4,6-7,9H,3,5,8H2,1-2H3. The highest BCUT2D eigenvalue weighted by Crippen LogP contribution is 2.21. The number of nitrogens with zero attached hydrogens (tertiary/aromatic N) is 1. The van der Waals surface area contributed by atoms with E-state index in [1.807, 2.05) is 13.8 Å². The second kappa shape index (κ2) is 6.30. The predicted octanol–water partition coefficient (Wildman–Crippen LogP) is 3.44. The lowest BCUT2D eigenvalue weighted by Gasteiger charge is -2.12. The molecule has 0 aliphatic rings. The van der Waals surface area contributed by atoms with Gasteiger partial charge in [-0.1, -0.05) is 25.5 Å². The Balaban J connectivity index is 2.72. The van der Waals surface area contributed by atoms with Crippen LogP contribution in [0.5, 0.6) is 0 Å². The van der Waals surface area contributed by atoms with Crippen LogP contribution in [0.4, 0.5) is 10.1 Å². The van der Waals surface area contributed by atoms with E-state index >= 15 is 0 Å². The fourth-order valence-corrected chi connectivity index (χ4v) is 1.54. The molecule has 0 bridgehead atoms. The zero-order valence-electron chi connectivity index (χ0n) is 9.98. The lowest BCUT2D eigenvalue weighted by atomic mass is 10.2. The molecule has 0 spiro atoms. The van der Waals surface area contributed by atoms with Gasteiger partial charge in [0.15, 0.2) is 0 Å². The average molecular weight is 241 g/mol. The number of hydrogen-bond donors (Lipinski definition) is 0. The zero-order valence-corrected chi connectivity index (χ0v) is 9.98. The number of ether oxygens (including phenoxy) is 1. The van der Waals surface area contributed by atoms with E-state index in [4.69, 9.17) is 4.74 Å². The van der Waals surface area contributed by atoms with Gasteiger partial charge in [-0.25, -0.2) is 0 Å². The largest absolute Gasteiger partial charge is 0.374 e. The number of halogens is 1. The Bertz CT molecular complexity index is 395. The second-order valence-electron chi connectivity index (χ2n) is 3.92. The van der Waals surface area contributed by atoms with Gasteiger partial charge in [-0.3, -0.25) is 10.1 Å². The maximum atomic E-state index is 13.6. The summed E-state index contributed by atoms with van der Waals surface area (Å²) >= 11 is 0. The van der Waals surface area contributed by atoms with Gasteiger partial charge in [0, 0.05) is 11.6 Å². The van der Waals surface area contributed by atoms with Crippen molar-refractivity contribution in [3.63, 3.8) is 0 Å². The second-order valence-corrected chi connectivity index (χ2v) is 3.92. The van der Waals surface area contributed by atoms with Gasteiger partial charge >= 0.3 is 5.69 Å². The minimum atomic E-state index is -0.804. The molecule has 0 N–H and O–H groups in total. The summed E-state index contributed by atoms with van der Waals surface area (Å²) in [6, 6.07) is 4.11. The first kappa shape index (κ1) is 13.6. The van der Waals surface area contributed by atoms with Crippen molar-refractivity contribution in [3.8, 4) is 0 Å². The molecular formula is C12H16FNO3. The third kappa shape index (κ3) is 3.78. The summed E-state index contributed by atoms with van der Waals surface area (Å²) in [7, 11) is 0. The molecule has 0 fully saturated rings. The number of nitro groups is 1. The van der Waals surface area contributed by atoms with E-state index in [0.717, 1.165) is 18.9 Å². The molecular weight excluding hydrogens is 225 g/mol. The van der Waals surface area contributed by atoms with Crippen LogP contribution < -0.4 is 0 Å². The van der Waals surface area contributed by atoms with Crippen LogP contribution in [0.3, 0.4) is 0 Å². The fourth-order valence-electron chi connectivity index (χ4n) is 1.54. The Morgan fingerprint density at radius 1 is 1.53 bits per heavy atom. The van der Waals surface area contributed by atoms with E-state index in [1.54, 1.807) is 0 Å². The Labute approximate surface area is 99.6 Å². The van der Waals surface area contributed by atoms with Crippen molar-refractivity contribution in [1.82, 2.24) is 0 Å². The van der Waals surface area contributed by atoms with Gasteiger partial charge in [-0.15, -0.1) is 0 Å². The summed E-state index contributed by atoms with van der Waals surface area (Å²) in [5.74, 6) is -0.804. The maximum absolute atomic E-state index is 13.6. The molecule has 94 valence electrons. The number of rotatable bonds is 6. The van der Waals surface area contributed by atoms with Crippen LogP contribution in [-0.4, -0.2) is 11.0 Å². The summed E-state index contributed by atoms with van der Waals surface area (Å²) in [6.45, 7) is 4.00. The highest BCUT2D eigenvalue weighted by molar-refractivity contribution is 5.36. The van der Waals surface area contributed by atoms with Gasteiger partial charge in [0.1, 0.15) is 0 Å². The average Bonchev–Trinajstić information content (AvgIpc) is 2.27. The van der Waals surface area contributed by atoms with Crippen LogP contribution >= 0.6 is 0 Å². The van der Waals surface area contributed by atoms with Crippen molar-refractivity contribution in [1.29, 1.82) is 0 Å². The monoisotopic (exact) mass is 241 g/mol. The van der Waals surface area contributed by atoms with Crippen LogP contribution in [0.2, 0.25) is 0 Å². The highest BCUT2D eigenvalue weighted by Gasteiger charge is 2.17. The summed E-state index contributed by atoms with van der Waals surface area (Å²) in [4.78, 5) is 9.81. The van der Waals surface area contributed by atoms with E-state index < -0.39 is 16.4 Å². The molecule has 0 saturated carbocycles. The van der Waals surface area contributed by atoms with Crippen molar-refractivity contribution in [2.45, 2.75) is 39.4 Å². The number of nitro benzene ring substituents is 1. The molecule has 1 aromatic carbocycles. The summed E-state index contributed by atoms with van der Waals surface area (Å²) in [5.41, 5.74) is -0.281. The van der Waals surface area contributed by atoms with Gasteiger partial charge in [0.2, 0.25) is 5.82 Å². The Kier molecular flexibility index (Phi) is 5.03. The van der Waals surface area contributed by atoms with Crippen molar-refractivity contribution in [2.24, 2.45) is 0 Å². The van der Waals surface area contributed by atoms with Gasteiger partial charge in [0.25, 0.3) is 0 Å². The SMILES string of the molecule is CCCC(C)OCc1cccc([N+](=O)[O-])c1F. The maximum Gasteiger partial charge on any atom is 0.305 e. The Morgan fingerprint density at radius 2 is 2.24 bits per heavy atom. The van der Waals surface area contributed by atoms with E-state index in [1.165, 1.54) is 12.1 Å². The molecule has 0 aromatic heterocycles. The summed E-state index contributed by atoms with van der Waals surface area (Å²) < 4.78 is 19.1. The first-order chi connectivity index (χ1) is 8.06. The fraction of sp³-hybridized carbons (Fsp3) is 0.500. The molecule has 1 atom stereocenters. The lowest BCUT2D eigenvalue weighted by Crippen LogP contribution is -2.08. The molecule has 0 amide bonds. The lowest BCUT2D eigenvalue weighted by molar-refractivity contribution is -0.387. The highest BCUT2D eigenvalue weighted by atomic mass is 19.1. The normalized spacial score (nSPS) is 12.4. The van der Waals surface area contributed by atoms with Crippen LogP contribution in [0.1, 0.15) is 32.3 Å². The molecule has 4 nitrogen and oxygen atoms in total. The molecule has 0 heterocycles.